The number of esters is 3. The van der Waals surface area contributed by atoms with E-state index in [1.54, 1.807) is 20.8 Å². The van der Waals surface area contributed by atoms with E-state index in [1.807, 2.05) is 0 Å². The Bertz CT molecular complexity index is 526. The van der Waals surface area contributed by atoms with Crippen LogP contribution in [0.3, 0.4) is 0 Å². The summed E-state index contributed by atoms with van der Waals surface area (Å²) in [5.41, 5.74) is -2.04. The molecule has 8 nitrogen and oxygen atoms in total. The SMILES string of the molecule is C=C(CC(C)(CC(C)(C)C(=O)OC)C(=O)OCCOC)C(=O)OCCOC. The normalized spacial score (nSPS) is 13.4. The molecule has 0 aliphatic heterocycles. The van der Waals surface area contributed by atoms with Gasteiger partial charge in [0, 0.05) is 19.8 Å². The van der Waals surface area contributed by atoms with Gasteiger partial charge in [0.1, 0.15) is 13.2 Å². The average Bonchev–Trinajstić information content (AvgIpc) is 2.60. The zero-order chi connectivity index (χ0) is 21.1. The van der Waals surface area contributed by atoms with E-state index in [-0.39, 0.29) is 44.8 Å². The second-order valence-corrected chi connectivity index (χ2v) is 7.15. The summed E-state index contributed by atoms with van der Waals surface area (Å²) in [6.07, 6.45) is 0.0773. The lowest BCUT2D eigenvalue weighted by atomic mass is 9.71. The Hall–Kier alpha value is -1.93. The van der Waals surface area contributed by atoms with E-state index in [2.05, 4.69) is 6.58 Å². The summed E-state index contributed by atoms with van der Waals surface area (Å²) in [7, 11) is 4.26. The maximum absolute atomic E-state index is 12.7. The highest BCUT2D eigenvalue weighted by atomic mass is 16.6. The van der Waals surface area contributed by atoms with E-state index in [0.717, 1.165) is 0 Å². The lowest BCUT2D eigenvalue weighted by Gasteiger charge is -2.34. The zero-order valence-electron chi connectivity index (χ0n) is 17.2. The van der Waals surface area contributed by atoms with E-state index < -0.39 is 28.7 Å². The molecule has 0 rings (SSSR count). The molecular formula is C19H32O8. The lowest BCUT2D eigenvalue weighted by molar-refractivity contribution is -0.162. The number of methoxy groups -OCH3 is 3. The Balaban J connectivity index is 5.33. The predicted octanol–water partition coefficient (Wildman–Crippen LogP) is 1.91. The Labute approximate surface area is 161 Å². The van der Waals surface area contributed by atoms with Gasteiger partial charge < -0.3 is 23.7 Å². The number of carbonyl (C=O) groups excluding carboxylic acids is 3. The molecule has 0 heterocycles. The molecule has 0 aromatic carbocycles. The molecule has 0 fully saturated rings. The summed E-state index contributed by atoms with van der Waals surface area (Å²) in [4.78, 5) is 36.9. The van der Waals surface area contributed by atoms with Gasteiger partial charge in [-0.3, -0.25) is 9.59 Å². The van der Waals surface area contributed by atoms with Gasteiger partial charge in [0.05, 0.1) is 31.2 Å². The number of ether oxygens (including phenoxy) is 5. The third-order valence-corrected chi connectivity index (χ3v) is 4.00. The van der Waals surface area contributed by atoms with Crippen molar-refractivity contribution < 1.29 is 38.1 Å². The van der Waals surface area contributed by atoms with Crippen molar-refractivity contribution in [3.8, 4) is 0 Å². The van der Waals surface area contributed by atoms with Gasteiger partial charge >= 0.3 is 17.9 Å². The molecule has 27 heavy (non-hydrogen) atoms. The Morgan fingerprint density at radius 3 is 1.81 bits per heavy atom. The number of hydrogen-bond acceptors (Lipinski definition) is 8. The number of carbonyl (C=O) groups is 3. The van der Waals surface area contributed by atoms with Gasteiger partial charge in [-0.1, -0.05) is 6.58 Å². The highest BCUT2D eigenvalue weighted by Crippen LogP contribution is 2.40. The quantitative estimate of drug-likeness (QED) is 0.204. The molecule has 0 saturated carbocycles. The first-order valence-corrected chi connectivity index (χ1v) is 8.62. The highest BCUT2D eigenvalue weighted by Gasteiger charge is 2.44. The molecule has 1 unspecified atom stereocenters. The maximum Gasteiger partial charge on any atom is 0.333 e. The Morgan fingerprint density at radius 2 is 1.33 bits per heavy atom. The van der Waals surface area contributed by atoms with Crippen LogP contribution in [0.1, 0.15) is 33.6 Å². The van der Waals surface area contributed by atoms with E-state index in [0.29, 0.717) is 0 Å². The van der Waals surface area contributed by atoms with Gasteiger partial charge in [0.2, 0.25) is 0 Å². The van der Waals surface area contributed by atoms with E-state index in [4.69, 9.17) is 23.7 Å². The molecule has 0 amide bonds. The van der Waals surface area contributed by atoms with Crippen molar-refractivity contribution in [1.29, 1.82) is 0 Å². The highest BCUT2D eigenvalue weighted by molar-refractivity contribution is 5.89. The van der Waals surface area contributed by atoms with Gasteiger partial charge in [0.15, 0.2) is 0 Å². The number of hydrogen-bond donors (Lipinski definition) is 0. The van der Waals surface area contributed by atoms with Gasteiger partial charge in [-0.05, 0) is 33.6 Å². The van der Waals surface area contributed by atoms with Gasteiger partial charge in [0.25, 0.3) is 0 Å². The predicted molar refractivity (Wildman–Crippen MR) is 97.9 cm³/mol. The molecule has 0 saturated heterocycles. The topological polar surface area (TPSA) is 97.4 Å². The fourth-order valence-corrected chi connectivity index (χ4v) is 2.79. The molecule has 0 N–H and O–H groups in total. The van der Waals surface area contributed by atoms with Crippen LogP contribution in [-0.4, -0.2) is 65.7 Å². The van der Waals surface area contributed by atoms with Crippen molar-refractivity contribution in [2.45, 2.75) is 33.6 Å². The fraction of sp³-hybridized carbons (Fsp3) is 0.737. The summed E-state index contributed by atoms with van der Waals surface area (Å²) < 4.78 is 24.8. The van der Waals surface area contributed by atoms with Crippen LogP contribution in [0, 0.1) is 10.8 Å². The van der Waals surface area contributed by atoms with Crippen LogP contribution in [0.2, 0.25) is 0 Å². The van der Waals surface area contributed by atoms with Crippen molar-refractivity contribution in [2.24, 2.45) is 10.8 Å². The molecular weight excluding hydrogens is 356 g/mol. The minimum absolute atomic E-state index is 0.0228. The minimum atomic E-state index is -1.18. The van der Waals surface area contributed by atoms with Crippen LogP contribution in [0.15, 0.2) is 12.2 Å². The van der Waals surface area contributed by atoms with Crippen molar-refractivity contribution in [3.63, 3.8) is 0 Å². The third-order valence-electron chi connectivity index (χ3n) is 4.00. The van der Waals surface area contributed by atoms with E-state index >= 15 is 0 Å². The summed E-state index contributed by atoms with van der Waals surface area (Å²) in [6.45, 7) is 9.32. The van der Waals surface area contributed by atoms with Gasteiger partial charge in [-0.25, -0.2) is 4.79 Å². The Morgan fingerprint density at radius 1 is 0.815 bits per heavy atom. The zero-order valence-corrected chi connectivity index (χ0v) is 17.2. The van der Waals surface area contributed by atoms with Crippen LogP contribution < -0.4 is 0 Å². The van der Waals surface area contributed by atoms with Crippen molar-refractivity contribution in [1.82, 2.24) is 0 Å². The molecule has 0 aliphatic carbocycles. The van der Waals surface area contributed by atoms with E-state index in [9.17, 15) is 14.4 Å². The average molecular weight is 388 g/mol. The van der Waals surface area contributed by atoms with Crippen molar-refractivity contribution in [3.05, 3.63) is 12.2 Å². The molecule has 0 bridgehead atoms. The molecule has 0 aromatic heterocycles. The Kier molecular flexibility index (Phi) is 10.9. The van der Waals surface area contributed by atoms with Crippen LogP contribution >= 0.6 is 0 Å². The molecule has 0 spiro atoms. The molecule has 0 aliphatic rings. The van der Waals surface area contributed by atoms with E-state index in [1.165, 1.54) is 21.3 Å². The summed E-state index contributed by atoms with van der Waals surface area (Å²) in [6, 6.07) is 0. The van der Waals surface area contributed by atoms with Crippen LogP contribution in [0.25, 0.3) is 0 Å². The molecule has 1 atom stereocenters. The lowest BCUT2D eigenvalue weighted by Crippen LogP contribution is -2.40. The summed E-state index contributed by atoms with van der Waals surface area (Å²) in [5.74, 6) is -1.65. The van der Waals surface area contributed by atoms with Crippen molar-refractivity contribution in [2.75, 3.05) is 47.8 Å². The first-order valence-electron chi connectivity index (χ1n) is 8.62. The monoisotopic (exact) mass is 388 g/mol. The molecule has 156 valence electrons. The van der Waals surface area contributed by atoms with Crippen LogP contribution in [-0.2, 0) is 38.1 Å². The fourth-order valence-electron chi connectivity index (χ4n) is 2.79. The van der Waals surface area contributed by atoms with Crippen LogP contribution in [0.4, 0.5) is 0 Å². The second kappa shape index (κ2) is 11.7. The second-order valence-electron chi connectivity index (χ2n) is 7.15. The first-order chi connectivity index (χ1) is 12.5. The standard InChI is InChI=1S/C19H32O8/c1-14(15(20)26-10-8-23-5)12-19(4,17(22)27-11-9-24-6)13-18(2,3)16(21)25-7/h1,8-13H2,2-7H3. The molecule has 0 radical (unpaired) electrons. The maximum atomic E-state index is 12.7. The summed E-state index contributed by atoms with van der Waals surface area (Å²) >= 11 is 0. The van der Waals surface area contributed by atoms with Crippen LogP contribution in [0.5, 0.6) is 0 Å². The summed E-state index contributed by atoms with van der Waals surface area (Å²) in [5, 5.41) is 0. The number of rotatable bonds is 13. The first kappa shape index (κ1) is 25.1. The minimum Gasteiger partial charge on any atom is -0.469 e. The van der Waals surface area contributed by atoms with Crippen molar-refractivity contribution >= 4 is 17.9 Å². The molecule has 0 aromatic rings. The molecule has 8 heteroatoms. The van der Waals surface area contributed by atoms with Gasteiger partial charge in [-0.2, -0.15) is 0 Å². The van der Waals surface area contributed by atoms with Gasteiger partial charge in [-0.15, -0.1) is 0 Å². The third kappa shape index (κ3) is 8.53. The largest absolute Gasteiger partial charge is 0.469 e. The smallest absolute Gasteiger partial charge is 0.333 e.